The molecule has 3 saturated heterocycles. The van der Waals surface area contributed by atoms with Crippen LogP contribution in [0.2, 0.25) is 0 Å². The van der Waals surface area contributed by atoms with Gasteiger partial charge in [-0.05, 0) is 50.9 Å². The van der Waals surface area contributed by atoms with Gasteiger partial charge < -0.3 is 15.4 Å². The lowest BCUT2D eigenvalue weighted by Crippen LogP contribution is -2.54. The molecule has 2 N–H and O–H groups in total. The van der Waals surface area contributed by atoms with Crippen molar-refractivity contribution < 1.29 is 9.53 Å². The molecule has 0 aromatic rings. The van der Waals surface area contributed by atoms with Crippen LogP contribution in [0, 0.1) is 5.92 Å². The van der Waals surface area contributed by atoms with E-state index >= 15 is 0 Å². The summed E-state index contributed by atoms with van der Waals surface area (Å²) in [4.78, 5) is 14.8. The summed E-state index contributed by atoms with van der Waals surface area (Å²) in [6.07, 6.45) is 7.91. The summed E-state index contributed by atoms with van der Waals surface area (Å²) in [6, 6.07) is 0.680. The second-order valence-corrected chi connectivity index (χ2v) is 6.04. The number of hydrogen-bond donors (Lipinski definition) is 1. The predicted molar refractivity (Wildman–Crippen MR) is 69.0 cm³/mol. The molecule has 0 radical (unpaired) electrons. The number of ether oxygens (including phenoxy) is 1. The van der Waals surface area contributed by atoms with Crippen molar-refractivity contribution in [2.45, 2.75) is 63.1 Å². The first kappa shape index (κ1) is 12.4. The third kappa shape index (κ3) is 2.16. The largest absolute Gasteiger partial charge is 0.381 e. The van der Waals surface area contributed by atoms with Gasteiger partial charge in [0.1, 0.15) is 0 Å². The van der Waals surface area contributed by atoms with Gasteiger partial charge in [-0.15, -0.1) is 0 Å². The molecule has 0 spiro atoms. The van der Waals surface area contributed by atoms with E-state index in [0.29, 0.717) is 18.0 Å². The van der Waals surface area contributed by atoms with Gasteiger partial charge in [0, 0.05) is 25.3 Å². The van der Waals surface area contributed by atoms with Crippen LogP contribution in [0.15, 0.2) is 0 Å². The third-order valence-corrected chi connectivity index (χ3v) is 5.01. The first-order valence-electron chi connectivity index (χ1n) is 7.43. The van der Waals surface area contributed by atoms with Gasteiger partial charge in [-0.3, -0.25) is 4.79 Å². The summed E-state index contributed by atoms with van der Waals surface area (Å²) in [7, 11) is 0. The number of carbonyl (C=O) groups is 1. The van der Waals surface area contributed by atoms with E-state index in [1.807, 2.05) is 0 Å². The Morgan fingerprint density at radius 1 is 1.06 bits per heavy atom. The molecule has 4 heteroatoms. The quantitative estimate of drug-likeness (QED) is 0.805. The predicted octanol–water partition coefficient (Wildman–Crippen LogP) is 1.28. The van der Waals surface area contributed by atoms with E-state index in [9.17, 15) is 4.79 Å². The molecule has 3 unspecified atom stereocenters. The summed E-state index contributed by atoms with van der Waals surface area (Å²) >= 11 is 0. The summed E-state index contributed by atoms with van der Waals surface area (Å²) in [5.74, 6) is 0.543. The number of hydrogen-bond acceptors (Lipinski definition) is 3. The van der Waals surface area contributed by atoms with E-state index in [1.54, 1.807) is 0 Å². The van der Waals surface area contributed by atoms with Crippen molar-refractivity contribution in [3.63, 3.8) is 0 Å². The number of fused-ring (bicyclic) bond motifs is 2. The van der Waals surface area contributed by atoms with Gasteiger partial charge in [0.2, 0.25) is 5.91 Å². The minimum Gasteiger partial charge on any atom is -0.381 e. The molecule has 102 valence electrons. The van der Waals surface area contributed by atoms with Crippen LogP contribution in [0.25, 0.3) is 0 Å². The average Bonchev–Trinajstić information content (AvgIpc) is 2.67. The highest BCUT2D eigenvalue weighted by Crippen LogP contribution is 2.36. The van der Waals surface area contributed by atoms with Gasteiger partial charge in [-0.2, -0.15) is 0 Å². The fraction of sp³-hybridized carbons (Fsp3) is 0.929. The van der Waals surface area contributed by atoms with Crippen LogP contribution in [0.5, 0.6) is 0 Å². The van der Waals surface area contributed by atoms with Crippen molar-refractivity contribution in [2.24, 2.45) is 11.7 Å². The van der Waals surface area contributed by atoms with Crippen molar-refractivity contribution in [3.05, 3.63) is 0 Å². The molecule has 4 nitrogen and oxygen atoms in total. The molecule has 1 amide bonds. The van der Waals surface area contributed by atoms with Gasteiger partial charge in [0.25, 0.3) is 0 Å². The molecule has 3 fully saturated rings. The molecule has 18 heavy (non-hydrogen) atoms. The number of nitrogens with zero attached hydrogens (tertiary/aromatic N) is 1. The van der Waals surface area contributed by atoms with Crippen LogP contribution in [0.3, 0.4) is 0 Å². The first-order chi connectivity index (χ1) is 8.77. The normalized spacial score (nSPS) is 34.6. The monoisotopic (exact) mass is 252 g/mol. The molecule has 0 saturated carbocycles. The number of rotatable bonds is 2. The number of amides is 1. The minimum atomic E-state index is -0.296. The van der Waals surface area contributed by atoms with Crippen LogP contribution >= 0.6 is 0 Å². The topological polar surface area (TPSA) is 55.6 Å². The van der Waals surface area contributed by atoms with Crippen molar-refractivity contribution in [1.82, 2.24) is 4.90 Å². The van der Waals surface area contributed by atoms with Crippen LogP contribution in [0.1, 0.15) is 44.9 Å². The minimum absolute atomic E-state index is 0.217. The Balaban J connectivity index is 1.66. The van der Waals surface area contributed by atoms with E-state index in [-0.39, 0.29) is 11.9 Å². The first-order valence-corrected chi connectivity index (χ1v) is 7.43. The maximum Gasteiger partial charge on any atom is 0.240 e. The van der Waals surface area contributed by atoms with Gasteiger partial charge in [-0.1, -0.05) is 0 Å². The fourth-order valence-corrected chi connectivity index (χ4v) is 3.93. The Hall–Kier alpha value is -0.610. The lowest BCUT2D eigenvalue weighted by Gasteiger charge is -2.38. The Labute approximate surface area is 109 Å². The van der Waals surface area contributed by atoms with Crippen molar-refractivity contribution in [2.75, 3.05) is 13.2 Å². The maximum absolute atomic E-state index is 12.6. The molecular weight excluding hydrogens is 228 g/mol. The fourth-order valence-electron chi connectivity index (χ4n) is 3.93. The maximum atomic E-state index is 12.6. The zero-order valence-corrected chi connectivity index (χ0v) is 11.0. The summed E-state index contributed by atoms with van der Waals surface area (Å²) in [5, 5.41) is 0. The summed E-state index contributed by atoms with van der Waals surface area (Å²) < 4.78 is 5.35. The highest BCUT2D eigenvalue weighted by atomic mass is 16.5. The van der Waals surface area contributed by atoms with Gasteiger partial charge in [0.15, 0.2) is 0 Å². The zero-order chi connectivity index (χ0) is 12.5. The second kappa shape index (κ2) is 5.17. The van der Waals surface area contributed by atoms with Crippen molar-refractivity contribution in [3.8, 4) is 0 Å². The van der Waals surface area contributed by atoms with Gasteiger partial charge >= 0.3 is 0 Å². The SMILES string of the molecule is NC(C(=O)N1C2CCCC1CC2)C1CCOCC1. The summed E-state index contributed by atoms with van der Waals surface area (Å²) in [6.45, 7) is 1.52. The van der Waals surface area contributed by atoms with Crippen LogP contribution in [0.4, 0.5) is 0 Å². The van der Waals surface area contributed by atoms with Gasteiger partial charge in [0.05, 0.1) is 6.04 Å². The van der Waals surface area contributed by atoms with E-state index in [1.165, 1.54) is 32.1 Å². The third-order valence-electron chi connectivity index (χ3n) is 5.01. The van der Waals surface area contributed by atoms with Crippen LogP contribution in [-0.4, -0.2) is 42.1 Å². The highest BCUT2D eigenvalue weighted by Gasteiger charge is 2.42. The molecule has 3 aliphatic rings. The molecule has 2 bridgehead atoms. The Morgan fingerprint density at radius 2 is 1.67 bits per heavy atom. The lowest BCUT2D eigenvalue weighted by atomic mass is 9.90. The van der Waals surface area contributed by atoms with Crippen molar-refractivity contribution >= 4 is 5.91 Å². The standard InChI is InChI=1S/C14H24N2O2/c15-13(10-6-8-18-9-7-10)14(17)16-11-2-1-3-12(16)5-4-11/h10-13H,1-9,15H2. The highest BCUT2D eigenvalue weighted by molar-refractivity contribution is 5.83. The Bertz CT molecular complexity index is 299. The zero-order valence-electron chi connectivity index (χ0n) is 11.0. The smallest absolute Gasteiger partial charge is 0.240 e. The number of carbonyl (C=O) groups excluding carboxylic acids is 1. The Kier molecular flexibility index (Phi) is 3.57. The van der Waals surface area contributed by atoms with Gasteiger partial charge in [-0.25, -0.2) is 0 Å². The molecule has 3 atom stereocenters. The summed E-state index contributed by atoms with van der Waals surface area (Å²) in [5.41, 5.74) is 6.23. The molecule has 0 aliphatic carbocycles. The molecular formula is C14H24N2O2. The lowest BCUT2D eigenvalue weighted by molar-refractivity contribution is -0.139. The second-order valence-electron chi connectivity index (χ2n) is 6.04. The van der Waals surface area contributed by atoms with Crippen LogP contribution < -0.4 is 5.73 Å². The number of piperidine rings is 1. The average molecular weight is 252 g/mol. The molecule has 0 aromatic heterocycles. The van der Waals surface area contributed by atoms with Crippen molar-refractivity contribution in [1.29, 1.82) is 0 Å². The molecule has 0 aromatic carbocycles. The Morgan fingerprint density at radius 3 is 2.28 bits per heavy atom. The van der Waals surface area contributed by atoms with E-state index in [0.717, 1.165) is 26.1 Å². The van der Waals surface area contributed by atoms with E-state index in [4.69, 9.17) is 10.5 Å². The van der Waals surface area contributed by atoms with E-state index in [2.05, 4.69) is 4.90 Å². The molecule has 3 heterocycles. The molecule has 3 rings (SSSR count). The number of nitrogens with two attached hydrogens (primary N) is 1. The molecule has 3 aliphatic heterocycles. The van der Waals surface area contributed by atoms with E-state index < -0.39 is 0 Å². The van der Waals surface area contributed by atoms with Crippen LogP contribution in [-0.2, 0) is 9.53 Å².